The highest BCUT2D eigenvalue weighted by atomic mass is 16.1. The molecule has 0 bridgehead atoms. The molecule has 1 atom stereocenters. The Hall–Kier alpha value is -2.17. The first-order chi connectivity index (χ1) is 9.49. The third-order valence-electron chi connectivity index (χ3n) is 3.58. The molecule has 1 unspecified atom stereocenters. The highest BCUT2D eigenvalue weighted by Crippen LogP contribution is 2.14. The Balaban J connectivity index is 2.03. The van der Waals surface area contributed by atoms with E-state index in [1.807, 2.05) is 44.6 Å². The van der Waals surface area contributed by atoms with Crippen LogP contribution < -0.4 is 5.32 Å². The van der Waals surface area contributed by atoms with Gasteiger partial charge in [0.2, 0.25) is 5.91 Å². The number of carbonyl (C=O) groups is 1. The van der Waals surface area contributed by atoms with Crippen molar-refractivity contribution in [1.29, 1.82) is 0 Å². The molecule has 5 heteroatoms. The second-order valence-corrected chi connectivity index (χ2v) is 5.02. The van der Waals surface area contributed by atoms with Crippen LogP contribution in [-0.2, 0) is 18.3 Å². The number of hydrogen-bond acceptors (Lipinski definition) is 3. The van der Waals surface area contributed by atoms with E-state index in [1.165, 1.54) is 0 Å². The van der Waals surface area contributed by atoms with Gasteiger partial charge in [0.25, 0.3) is 0 Å². The van der Waals surface area contributed by atoms with Crippen molar-refractivity contribution < 1.29 is 4.79 Å². The number of pyridine rings is 1. The van der Waals surface area contributed by atoms with Gasteiger partial charge in [0, 0.05) is 30.7 Å². The monoisotopic (exact) mass is 272 g/mol. The fourth-order valence-corrected chi connectivity index (χ4v) is 2.26. The highest BCUT2D eigenvalue weighted by molar-refractivity contribution is 5.79. The van der Waals surface area contributed by atoms with Gasteiger partial charge in [0.1, 0.15) is 0 Å². The van der Waals surface area contributed by atoms with Crippen LogP contribution >= 0.6 is 0 Å². The normalized spacial score (nSPS) is 12.2. The van der Waals surface area contributed by atoms with Crippen molar-refractivity contribution in [3.05, 3.63) is 47.0 Å². The van der Waals surface area contributed by atoms with Crippen LogP contribution in [0.4, 0.5) is 0 Å². The maximum absolute atomic E-state index is 12.1. The minimum atomic E-state index is -0.0252. The third-order valence-corrected chi connectivity index (χ3v) is 3.58. The molecule has 1 amide bonds. The van der Waals surface area contributed by atoms with Gasteiger partial charge >= 0.3 is 0 Å². The van der Waals surface area contributed by atoms with Crippen LogP contribution in [0.25, 0.3) is 0 Å². The zero-order valence-corrected chi connectivity index (χ0v) is 12.3. The van der Waals surface area contributed by atoms with Gasteiger partial charge in [0.15, 0.2) is 0 Å². The molecular formula is C15H20N4O. The summed E-state index contributed by atoms with van der Waals surface area (Å²) in [5.41, 5.74) is 4.01. The lowest BCUT2D eigenvalue weighted by Gasteiger charge is -2.14. The largest absolute Gasteiger partial charge is 0.349 e. The lowest BCUT2D eigenvalue weighted by Crippen LogP contribution is -2.28. The van der Waals surface area contributed by atoms with Crippen molar-refractivity contribution in [2.75, 3.05) is 0 Å². The van der Waals surface area contributed by atoms with Crippen LogP contribution in [0.1, 0.15) is 35.5 Å². The van der Waals surface area contributed by atoms with Crippen LogP contribution in [0.15, 0.2) is 24.5 Å². The molecule has 0 aliphatic rings. The van der Waals surface area contributed by atoms with E-state index in [0.29, 0.717) is 6.42 Å². The van der Waals surface area contributed by atoms with Gasteiger partial charge < -0.3 is 5.32 Å². The van der Waals surface area contributed by atoms with Gasteiger partial charge in [-0.3, -0.25) is 14.5 Å². The highest BCUT2D eigenvalue weighted by Gasteiger charge is 2.15. The Bertz CT molecular complexity index is 604. The second-order valence-electron chi connectivity index (χ2n) is 5.02. The first-order valence-electron chi connectivity index (χ1n) is 6.67. The van der Waals surface area contributed by atoms with Crippen molar-refractivity contribution in [2.45, 2.75) is 33.2 Å². The molecule has 0 radical (unpaired) electrons. The van der Waals surface area contributed by atoms with E-state index in [2.05, 4.69) is 15.4 Å². The van der Waals surface area contributed by atoms with Crippen LogP contribution in [-0.4, -0.2) is 20.7 Å². The summed E-state index contributed by atoms with van der Waals surface area (Å²) >= 11 is 0. The number of nitrogens with one attached hydrogen (secondary N) is 1. The van der Waals surface area contributed by atoms with Gasteiger partial charge in [-0.15, -0.1) is 0 Å². The molecule has 2 aromatic rings. The fourth-order valence-electron chi connectivity index (χ4n) is 2.26. The van der Waals surface area contributed by atoms with Crippen LogP contribution in [0.3, 0.4) is 0 Å². The summed E-state index contributed by atoms with van der Waals surface area (Å²) in [5.74, 6) is 0.00788. The van der Waals surface area contributed by atoms with Gasteiger partial charge in [0.05, 0.1) is 18.2 Å². The Kier molecular flexibility index (Phi) is 4.17. The molecule has 2 rings (SSSR count). The molecule has 2 aromatic heterocycles. The number of rotatable bonds is 4. The average molecular weight is 272 g/mol. The lowest BCUT2D eigenvalue weighted by atomic mass is 10.1. The topological polar surface area (TPSA) is 59.8 Å². The fraction of sp³-hybridized carbons (Fsp3) is 0.400. The predicted octanol–water partition coefficient (Wildman–Crippen LogP) is 1.85. The van der Waals surface area contributed by atoms with E-state index in [1.54, 1.807) is 12.4 Å². The van der Waals surface area contributed by atoms with E-state index in [-0.39, 0.29) is 11.9 Å². The van der Waals surface area contributed by atoms with Gasteiger partial charge in [-0.05, 0) is 38.5 Å². The molecule has 2 heterocycles. The minimum Gasteiger partial charge on any atom is -0.349 e. The van der Waals surface area contributed by atoms with E-state index in [0.717, 1.165) is 22.5 Å². The lowest BCUT2D eigenvalue weighted by molar-refractivity contribution is -0.121. The SMILES string of the molecule is Cc1nn(C)c(C)c1CC(=O)NC(C)c1ccncc1. The number of hydrogen-bond donors (Lipinski definition) is 1. The molecule has 0 aliphatic carbocycles. The molecule has 1 N–H and O–H groups in total. The number of amides is 1. The Morgan fingerprint density at radius 3 is 2.55 bits per heavy atom. The van der Waals surface area contributed by atoms with E-state index in [4.69, 9.17) is 0 Å². The summed E-state index contributed by atoms with van der Waals surface area (Å²) in [6.45, 7) is 5.88. The van der Waals surface area contributed by atoms with Crippen molar-refractivity contribution in [1.82, 2.24) is 20.1 Å². The number of nitrogens with zero attached hydrogens (tertiary/aromatic N) is 3. The molecular weight excluding hydrogens is 252 g/mol. The van der Waals surface area contributed by atoms with Gasteiger partial charge in [-0.25, -0.2) is 0 Å². The van der Waals surface area contributed by atoms with Crippen molar-refractivity contribution in [3.8, 4) is 0 Å². The van der Waals surface area contributed by atoms with E-state index >= 15 is 0 Å². The zero-order valence-electron chi connectivity index (χ0n) is 12.3. The quantitative estimate of drug-likeness (QED) is 0.924. The standard InChI is InChI=1S/C15H20N4O/c1-10(13-5-7-16-8-6-13)17-15(20)9-14-11(2)18-19(4)12(14)3/h5-8,10H,9H2,1-4H3,(H,17,20). The molecule has 20 heavy (non-hydrogen) atoms. The van der Waals surface area contributed by atoms with Crippen LogP contribution in [0, 0.1) is 13.8 Å². The summed E-state index contributed by atoms with van der Waals surface area (Å²) in [7, 11) is 1.89. The van der Waals surface area contributed by atoms with Gasteiger partial charge in [-0.2, -0.15) is 5.10 Å². The maximum atomic E-state index is 12.1. The predicted molar refractivity (Wildman–Crippen MR) is 77.2 cm³/mol. The summed E-state index contributed by atoms with van der Waals surface area (Å²) in [6.07, 6.45) is 3.82. The van der Waals surface area contributed by atoms with Crippen LogP contribution in [0.2, 0.25) is 0 Å². The molecule has 5 nitrogen and oxygen atoms in total. The number of aryl methyl sites for hydroxylation is 2. The molecule has 0 saturated heterocycles. The zero-order chi connectivity index (χ0) is 14.7. The van der Waals surface area contributed by atoms with Gasteiger partial charge in [-0.1, -0.05) is 0 Å². The Morgan fingerprint density at radius 2 is 2.00 bits per heavy atom. The van der Waals surface area contributed by atoms with Crippen LogP contribution in [0.5, 0.6) is 0 Å². The Morgan fingerprint density at radius 1 is 1.35 bits per heavy atom. The average Bonchev–Trinajstić information content (AvgIpc) is 2.66. The second kappa shape index (κ2) is 5.86. The number of aromatic nitrogens is 3. The molecule has 0 saturated carbocycles. The number of carbonyl (C=O) groups excluding carboxylic acids is 1. The first-order valence-corrected chi connectivity index (χ1v) is 6.67. The molecule has 0 fully saturated rings. The Labute approximate surface area is 119 Å². The summed E-state index contributed by atoms with van der Waals surface area (Å²) < 4.78 is 1.81. The first kappa shape index (κ1) is 14.2. The third kappa shape index (κ3) is 3.04. The molecule has 0 spiro atoms. The van der Waals surface area contributed by atoms with Crippen molar-refractivity contribution in [3.63, 3.8) is 0 Å². The van der Waals surface area contributed by atoms with E-state index in [9.17, 15) is 4.79 Å². The summed E-state index contributed by atoms with van der Waals surface area (Å²) in [6, 6.07) is 3.79. The smallest absolute Gasteiger partial charge is 0.225 e. The minimum absolute atomic E-state index is 0.00788. The molecule has 0 aromatic carbocycles. The summed E-state index contributed by atoms with van der Waals surface area (Å²) in [4.78, 5) is 16.1. The van der Waals surface area contributed by atoms with Crippen molar-refractivity contribution >= 4 is 5.91 Å². The molecule has 106 valence electrons. The van der Waals surface area contributed by atoms with Crippen molar-refractivity contribution in [2.24, 2.45) is 7.05 Å². The maximum Gasteiger partial charge on any atom is 0.225 e. The van der Waals surface area contributed by atoms with E-state index < -0.39 is 0 Å². The molecule has 0 aliphatic heterocycles. The summed E-state index contributed by atoms with van der Waals surface area (Å²) in [5, 5.41) is 7.33.